The Morgan fingerprint density at radius 2 is 1.72 bits per heavy atom. The Balaban J connectivity index is 0.000000425. The van der Waals surface area contributed by atoms with Gasteiger partial charge in [0.05, 0.1) is 20.1 Å². The summed E-state index contributed by atoms with van der Waals surface area (Å²) in [5.41, 5.74) is 0.270. The normalized spacial score (nSPS) is 21.2. The summed E-state index contributed by atoms with van der Waals surface area (Å²) < 4.78 is 15.8. The molecule has 0 bridgehead atoms. The van der Waals surface area contributed by atoms with Crippen LogP contribution in [0, 0.1) is 11.3 Å². The van der Waals surface area contributed by atoms with Crippen molar-refractivity contribution in [3.63, 3.8) is 0 Å². The molecular formula is C27H45NO4. The van der Waals surface area contributed by atoms with E-state index in [0.717, 1.165) is 62.2 Å². The number of likely N-dealkylation sites (N-methyl/N-ethyl adjacent to an activating group) is 1. The number of methoxy groups -OCH3 is 2. The van der Waals surface area contributed by atoms with Crippen molar-refractivity contribution in [3.8, 4) is 11.5 Å². The first-order chi connectivity index (χ1) is 15.3. The minimum Gasteiger partial charge on any atom is -0.493 e. The summed E-state index contributed by atoms with van der Waals surface area (Å²) in [4.78, 5) is 14.6. The molecule has 0 spiro atoms. The minimum absolute atomic E-state index is 0.0280. The molecule has 1 aliphatic carbocycles. The highest BCUT2D eigenvalue weighted by molar-refractivity contribution is 5.73. The lowest BCUT2D eigenvalue weighted by molar-refractivity contribution is -0.145. The molecule has 32 heavy (non-hydrogen) atoms. The smallest absolute Gasteiger partial charge is 0.313 e. The first-order valence-corrected chi connectivity index (χ1v) is 12.0. The number of para-hydroxylation sites is 2. The van der Waals surface area contributed by atoms with Crippen molar-refractivity contribution < 1.29 is 19.0 Å². The zero-order valence-electron chi connectivity index (χ0n) is 21.6. The average molecular weight is 448 g/mol. The van der Waals surface area contributed by atoms with E-state index < -0.39 is 0 Å². The van der Waals surface area contributed by atoms with Gasteiger partial charge in [0.15, 0.2) is 11.5 Å². The predicted octanol–water partition coefficient (Wildman–Crippen LogP) is 6.47. The first-order valence-electron chi connectivity index (χ1n) is 12.0. The van der Waals surface area contributed by atoms with Gasteiger partial charge >= 0.3 is 5.97 Å². The topological polar surface area (TPSA) is 48.0 Å². The molecule has 0 aliphatic heterocycles. The molecule has 3 atom stereocenters. The molecule has 0 aromatic heterocycles. The molecule has 1 aromatic rings. The van der Waals surface area contributed by atoms with Crippen LogP contribution in [0.5, 0.6) is 11.5 Å². The molecule has 5 nitrogen and oxygen atoms in total. The number of nitrogens with zero attached hydrogens (tertiary/aromatic N) is 1. The van der Waals surface area contributed by atoms with Gasteiger partial charge in [-0.3, -0.25) is 4.79 Å². The lowest BCUT2D eigenvalue weighted by Crippen LogP contribution is -2.43. The Labute approximate surface area is 196 Å². The summed E-state index contributed by atoms with van der Waals surface area (Å²) in [5.74, 6) is 2.44. The maximum atomic E-state index is 12.4. The Morgan fingerprint density at radius 3 is 2.16 bits per heavy atom. The van der Waals surface area contributed by atoms with Crippen molar-refractivity contribution in [1.29, 1.82) is 0 Å². The van der Waals surface area contributed by atoms with E-state index in [9.17, 15) is 4.79 Å². The van der Waals surface area contributed by atoms with Gasteiger partial charge in [0.1, 0.15) is 5.76 Å². The molecule has 1 unspecified atom stereocenters. The van der Waals surface area contributed by atoms with Gasteiger partial charge in [-0.2, -0.15) is 0 Å². The van der Waals surface area contributed by atoms with Crippen LogP contribution in [0.4, 0.5) is 0 Å². The highest BCUT2D eigenvalue weighted by atomic mass is 16.5. The fourth-order valence-corrected chi connectivity index (χ4v) is 4.20. The van der Waals surface area contributed by atoms with Crippen molar-refractivity contribution in [2.75, 3.05) is 28.3 Å². The van der Waals surface area contributed by atoms with E-state index in [2.05, 4.69) is 52.8 Å². The zero-order chi connectivity index (χ0) is 24.1. The molecule has 0 saturated heterocycles. The molecule has 1 aromatic carbocycles. The number of carbonyl (C=O) groups excluding carboxylic acids is 1. The summed E-state index contributed by atoms with van der Waals surface area (Å²) in [7, 11) is 7.46. The molecule has 182 valence electrons. The second kappa shape index (κ2) is 14.2. The van der Waals surface area contributed by atoms with E-state index in [4.69, 9.17) is 14.2 Å². The lowest BCUT2D eigenvalue weighted by atomic mass is 9.72. The Morgan fingerprint density at radius 1 is 1.12 bits per heavy atom. The third kappa shape index (κ3) is 8.16. The van der Waals surface area contributed by atoms with Crippen LogP contribution in [0.15, 0.2) is 36.1 Å². The maximum Gasteiger partial charge on any atom is 0.313 e. The van der Waals surface area contributed by atoms with E-state index >= 15 is 0 Å². The molecule has 0 radical (unpaired) electrons. The van der Waals surface area contributed by atoms with Crippen LogP contribution < -0.4 is 9.47 Å². The fourth-order valence-electron chi connectivity index (χ4n) is 4.20. The summed E-state index contributed by atoms with van der Waals surface area (Å²) in [6.45, 7) is 8.82. The molecule has 1 aliphatic rings. The molecule has 0 amide bonds. The van der Waals surface area contributed by atoms with Crippen LogP contribution in [0.25, 0.3) is 0 Å². The standard InChI is InChI=1S/C19H35NO2.C8H10O2/c1-7-10-11-15(8-2)18(21)22-16-12-13-19(4,9-3)17(14-16)20(5)6;1-9-7-5-3-4-6-8(7)10-2/h14-15,17H,7-13H2,1-6H3;3-6H,1-2H3/t15?,17-,19+;/m0./s1. The van der Waals surface area contributed by atoms with Crippen LogP contribution in [0.2, 0.25) is 0 Å². The van der Waals surface area contributed by atoms with Crippen LogP contribution in [0.1, 0.15) is 72.6 Å². The van der Waals surface area contributed by atoms with E-state index in [1.54, 1.807) is 14.2 Å². The number of hydrogen-bond donors (Lipinski definition) is 0. The molecule has 2 rings (SSSR count). The van der Waals surface area contributed by atoms with Gasteiger partial charge in [-0.25, -0.2) is 0 Å². The van der Waals surface area contributed by atoms with Gasteiger partial charge in [0.25, 0.3) is 0 Å². The summed E-state index contributed by atoms with van der Waals surface area (Å²) >= 11 is 0. The summed E-state index contributed by atoms with van der Waals surface area (Å²) in [6, 6.07) is 7.87. The number of ether oxygens (including phenoxy) is 3. The Kier molecular flexibility index (Phi) is 12.4. The Hall–Kier alpha value is -2.01. The maximum absolute atomic E-state index is 12.4. The third-order valence-corrected chi connectivity index (χ3v) is 6.62. The minimum atomic E-state index is -0.0280. The number of benzene rings is 1. The van der Waals surface area contributed by atoms with Gasteiger partial charge < -0.3 is 19.1 Å². The van der Waals surface area contributed by atoms with Gasteiger partial charge in [-0.1, -0.05) is 52.7 Å². The van der Waals surface area contributed by atoms with Crippen molar-refractivity contribution >= 4 is 5.97 Å². The second-order valence-corrected chi connectivity index (χ2v) is 9.07. The molecule has 0 saturated carbocycles. The summed E-state index contributed by atoms with van der Waals surface area (Å²) in [6.07, 6.45) is 9.32. The average Bonchev–Trinajstić information content (AvgIpc) is 2.81. The van der Waals surface area contributed by atoms with Gasteiger partial charge in [0.2, 0.25) is 0 Å². The van der Waals surface area contributed by atoms with Crippen LogP contribution in [0.3, 0.4) is 0 Å². The zero-order valence-corrected chi connectivity index (χ0v) is 21.6. The fraction of sp³-hybridized carbons (Fsp3) is 0.667. The molecular weight excluding hydrogens is 402 g/mol. The van der Waals surface area contributed by atoms with Crippen LogP contribution in [-0.4, -0.2) is 45.2 Å². The SMILES string of the molecule is CCCCC(CC)C(=O)OC1=C[C@H](N(C)C)[C@](C)(CC)CC1.COc1ccccc1OC. The van der Waals surface area contributed by atoms with E-state index in [0.29, 0.717) is 6.04 Å². The van der Waals surface area contributed by atoms with Gasteiger partial charge in [-0.05, 0) is 63.4 Å². The molecule has 0 heterocycles. The highest BCUT2D eigenvalue weighted by Gasteiger charge is 2.37. The molecule has 0 fully saturated rings. The monoisotopic (exact) mass is 447 g/mol. The lowest BCUT2D eigenvalue weighted by Gasteiger charge is -2.42. The van der Waals surface area contributed by atoms with Gasteiger partial charge in [-0.15, -0.1) is 0 Å². The summed E-state index contributed by atoms with van der Waals surface area (Å²) in [5, 5.41) is 0. The van der Waals surface area contributed by atoms with Crippen LogP contribution in [-0.2, 0) is 9.53 Å². The highest BCUT2D eigenvalue weighted by Crippen LogP contribution is 2.40. The van der Waals surface area contributed by atoms with Crippen LogP contribution >= 0.6 is 0 Å². The number of allylic oxidation sites excluding steroid dienone is 1. The second-order valence-electron chi connectivity index (χ2n) is 9.07. The van der Waals surface area contributed by atoms with Crippen molar-refractivity contribution in [2.24, 2.45) is 11.3 Å². The Bertz CT molecular complexity index is 692. The van der Waals surface area contributed by atoms with E-state index in [1.807, 2.05) is 24.3 Å². The van der Waals surface area contributed by atoms with Gasteiger partial charge in [0, 0.05) is 12.5 Å². The first kappa shape index (κ1) is 28.0. The van der Waals surface area contributed by atoms with Crippen molar-refractivity contribution in [2.45, 2.75) is 78.7 Å². The quantitative estimate of drug-likeness (QED) is 0.385. The number of unbranched alkanes of at least 4 members (excludes halogenated alkanes) is 1. The number of hydrogen-bond acceptors (Lipinski definition) is 5. The van der Waals surface area contributed by atoms with Crippen molar-refractivity contribution in [1.82, 2.24) is 4.90 Å². The van der Waals surface area contributed by atoms with E-state index in [1.165, 1.54) is 0 Å². The molecule has 0 N–H and O–H groups in total. The number of carbonyl (C=O) groups is 1. The number of rotatable bonds is 10. The largest absolute Gasteiger partial charge is 0.493 e. The van der Waals surface area contributed by atoms with E-state index in [-0.39, 0.29) is 17.3 Å². The third-order valence-electron chi connectivity index (χ3n) is 6.62. The van der Waals surface area contributed by atoms with Crippen molar-refractivity contribution in [3.05, 3.63) is 36.1 Å². The number of esters is 1. The predicted molar refractivity (Wildman–Crippen MR) is 132 cm³/mol. The molecule has 5 heteroatoms.